The standard InChI is InChI=1S/C34H48O14/c1-32-7-5-20-21(34(32,43)9-6-19(32)16-10-24(37)44-13-16)3-2-17-11-18(4-8-33(17,20)15-36)46-30-28(41)26(39)23(14-45-30)48-31-29(42)27(40)25(38)22(12-35)47-31/h10-11,15,18-23,25-31,35,38-43H,2-9,12-14H2,1H3/t18-,19?,20?,21+,22+,23+,25+,26+,27+,28+,29+,30-,31-,32+,33+,34-/m0/s1. The number of allylic oxidation sites excluding steroid dienone is 1. The zero-order chi connectivity index (χ0) is 34.2. The van der Waals surface area contributed by atoms with Crippen LogP contribution in [0.4, 0.5) is 0 Å². The Kier molecular flexibility index (Phi) is 9.19. The van der Waals surface area contributed by atoms with Crippen LogP contribution in [0.5, 0.6) is 0 Å². The van der Waals surface area contributed by atoms with Gasteiger partial charge in [0.15, 0.2) is 12.6 Å². The largest absolute Gasteiger partial charge is 0.458 e. The first-order valence-corrected chi connectivity index (χ1v) is 17.2. The van der Waals surface area contributed by atoms with Crippen molar-refractivity contribution in [3.63, 3.8) is 0 Å². The number of fused-ring (bicyclic) bond motifs is 5. The maximum absolute atomic E-state index is 13.0. The molecular weight excluding hydrogens is 632 g/mol. The highest BCUT2D eigenvalue weighted by Gasteiger charge is 2.68. The van der Waals surface area contributed by atoms with Gasteiger partial charge in [-0.1, -0.05) is 18.6 Å². The number of aliphatic hydroxyl groups excluding tert-OH is 6. The van der Waals surface area contributed by atoms with Gasteiger partial charge in [0.25, 0.3) is 0 Å². The summed E-state index contributed by atoms with van der Waals surface area (Å²) in [6, 6.07) is 0. The third-order valence-corrected chi connectivity index (χ3v) is 13.1. The van der Waals surface area contributed by atoms with E-state index in [2.05, 4.69) is 6.92 Å². The van der Waals surface area contributed by atoms with Crippen LogP contribution >= 0.6 is 0 Å². The van der Waals surface area contributed by atoms with E-state index in [-0.39, 0.29) is 36.9 Å². The minimum atomic E-state index is -1.68. The molecule has 3 heterocycles. The van der Waals surface area contributed by atoms with Gasteiger partial charge in [0.05, 0.1) is 30.3 Å². The number of rotatable bonds is 7. The average Bonchev–Trinajstić information content (AvgIpc) is 3.63. The summed E-state index contributed by atoms with van der Waals surface area (Å²) in [5.41, 5.74) is -0.200. The monoisotopic (exact) mass is 680 g/mol. The Hall–Kier alpha value is -1.82. The smallest absolute Gasteiger partial charge is 0.331 e. The molecule has 16 atom stereocenters. The summed E-state index contributed by atoms with van der Waals surface area (Å²) < 4.78 is 28.1. The Balaban J connectivity index is 1.01. The Morgan fingerprint density at radius 3 is 2.40 bits per heavy atom. The van der Waals surface area contributed by atoms with Crippen molar-refractivity contribution in [2.75, 3.05) is 19.8 Å². The van der Waals surface area contributed by atoms with Crippen LogP contribution in [-0.2, 0) is 33.3 Å². The first-order valence-electron chi connectivity index (χ1n) is 17.2. The molecule has 0 radical (unpaired) electrons. The summed E-state index contributed by atoms with van der Waals surface area (Å²) >= 11 is 0. The number of hydrogen-bond donors (Lipinski definition) is 7. The zero-order valence-electron chi connectivity index (χ0n) is 27.0. The van der Waals surface area contributed by atoms with Gasteiger partial charge in [0.2, 0.25) is 0 Å². The summed E-state index contributed by atoms with van der Waals surface area (Å²) in [6.07, 6.45) is -3.81. The van der Waals surface area contributed by atoms with E-state index in [4.69, 9.17) is 23.7 Å². The third kappa shape index (κ3) is 5.26. The summed E-state index contributed by atoms with van der Waals surface area (Å²) in [7, 11) is 0. The lowest BCUT2D eigenvalue weighted by molar-refractivity contribution is -0.345. The van der Waals surface area contributed by atoms with Gasteiger partial charge in [-0.05, 0) is 74.7 Å². The molecule has 14 heteroatoms. The number of carbonyl (C=O) groups excluding carboxylic acids is 2. The second-order valence-corrected chi connectivity index (χ2v) is 15.2. The first kappa shape index (κ1) is 34.6. The number of aldehydes is 1. The van der Waals surface area contributed by atoms with Gasteiger partial charge in [0.1, 0.15) is 55.6 Å². The Morgan fingerprint density at radius 2 is 1.69 bits per heavy atom. The van der Waals surface area contributed by atoms with E-state index in [9.17, 15) is 45.3 Å². The van der Waals surface area contributed by atoms with Crippen LogP contribution in [0.3, 0.4) is 0 Å². The molecular formula is C34H48O14. The van der Waals surface area contributed by atoms with E-state index in [1.807, 2.05) is 6.08 Å². The van der Waals surface area contributed by atoms with Gasteiger partial charge in [0, 0.05) is 11.5 Å². The minimum absolute atomic E-state index is 0.0399. The van der Waals surface area contributed by atoms with E-state index < -0.39 is 84.4 Å². The molecule has 7 rings (SSSR count). The Morgan fingerprint density at radius 1 is 0.917 bits per heavy atom. The third-order valence-electron chi connectivity index (χ3n) is 13.1. The van der Waals surface area contributed by atoms with Gasteiger partial charge < -0.3 is 64.2 Å². The molecule has 5 fully saturated rings. The van der Waals surface area contributed by atoms with Gasteiger partial charge in [-0.15, -0.1) is 0 Å². The number of esters is 1. The molecule has 0 aromatic heterocycles. The fraction of sp³-hybridized carbons (Fsp3) is 0.824. The molecule has 268 valence electrons. The summed E-state index contributed by atoms with van der Waals surface area (Å²) in [5, 5.41) is 74.0. The highest BCUT2D eigenvalue weighted by atomic mass is 16.7. The second-order valence-electron chi connectivity index (χ2n) is 15.2. The summed E-state index contributed by atoms with van der Waals surface area (Å²) in [5.74, 6) is -0.380. The van der Waals surface area contributed by atoms with Gasteiger partial charge in [-0.3, -0.25) is 0 Å². The maximum atomic E-state index is 13.0. The van der Waals surface area contributed by atoms with Crippen molar-refractivity contribution in [2.45, 2.75) is 125 Å². The van der Waals surface area contributed by atoms with Crippen LogP contribution in [0, 0.1) is 28.6 Å². The molecule has 0 aromatic carbocycles. The molecule has 0 aromatic rings. The van der Waals surface area contributed by atoms with Crippen molar-refractivity contribution >= 4 is 12.3 Å². The number of ether oxygens (including phenoxy) is 5. The van der Waals surface area contributed by atoms with Crippen molar-refractivity contribution in [1.29, 1.82) is 0 Å². The van der Waals surface area contributed by atoms with Crippen molar-refractivity contribution in [2.24, 2.45) is 28.6 Å². The highest BCUT2D eigenvalue weighted by Crippen LogP contribution is 2.69. The van der Waals surface area contributed by atoms with E-state index >= 15 is 0 Å². The molecule has 2 unspecified atom stereocenters. The maximum Gasteiger partial charge on any atom is 0.331 e. The molecule has 7 N–H and O–H groups in total. The fourth-order valence-electron chi connectivity index (χ4n) is 10.4. The molecule has 0 spiro atoms. The predicted molar refractivity (Wildman–Crippen MR) is 161 cm³/mol. The Bertz CT molecular complexity index is 1320. The molecule has 3 saturated carbocycles. The Labute approximate surface area is 278 Å². The quantitative estimate of drug-likeness (QED) is 0.0974. The SMILES string of the molecule is C[C@]12CCC3[C@@H](CCC4=C[C@@H](O[C@@H]5OC[C@@H](O[C@@H]6O[C@H](CO)[C@@H](O)[C@@H](O)[C@H]6O)[C@@H](O)[C@H]5O)CC[C@@]43C=O)[C@@]1(O)CCC2C1=CC(=O)OC1. The van der Waals surface area contributed by atoms with Crippen molar-refractivity contribution in [3.05, 3.63) is 23.3 Å². The molecule has 3 aliphatic heterocycles. The first-order chi connectivity index (χ1) is 22.9. The normalized spacial score (nSPS) is 52.0. The number of carbonyl (C=O) groups is 2. The summed E-state index contributed by atoms with van der Waals surface area (Å²) in [4.78, 5) is 24.9. The topological polar surface area (TPSA) is 222 Å². The molecule has 4 aliphatic carbocycles. The molecule has 0 bridgehead atoms. The van der Waals surface area contributed by atoms with Crippen molar-refractivity contribution < 1.29 is 69.0 Å². The fourth-order valence-corrected chi connectivity index (χ4v) is 10.4. The van der Waals surface area contributed by atoms with E-state index in [1.54, 1.807) is 6.08 Å². The van der Waals surface area contributed by atoms with E-state index in [1.165, 1.54) is 0 Å². The van der Waals surface area contributed by atoms with Crippen LogP contribution in [0.1, 0.15) is 58.3 Å². The molecule has 48 heavy (non-hydrogen) atoms. The summed E-state index contributed by atoms with van der Waals surface area (Å²) in [6.45, 7) is 1.52. The number of hydrogen-bond acceptors (Lipinski definition) is 14. The minimum Gasteiger partial charge on any atom is -0.458 e. The van der Waals surface area contributed by atoms with Gasteiger partial charge >= 0.3 is 5.97 Å². The van der Waals surface area contributed by atoms with Crippen LogP contribution in [0.25, 0.3) is 0 Å². The molecule has 14 nitrogen and oxygen atoms in total. The van der Waals surface area contributed by atoms with Gasteiger partial charge in [-0.25, -0.2) is 4.79 Å². The lowest BCUT2D eigenvalue weighted by atomic mass is 9.45. The van der Waals surface area contributed by atoms with Crippen molar-refractivity contribution in [1.82, 2.24) is 0 Å². The van der Waals surface area contributed by atoms with Gasteiger partial charge in [-0.2, -0.15) is 0 Å². The van der Waals surface area contributed by atoms with Crippen LogP contribution in [0.15, 0.2) is 23.3 Å². The van der Waals surface area contributed by atoms with Crippen LogP contribution in [0.2, 0.25) is 0 Å². The van der Waals surface area contributed by atoms with E-state index in [0.717, 1.165) is 36.7 Å². The highest BCUT2D eigenvalue weighted by molar-refractivity contribution is 5.85. The second kappa shape index (κ2) is 12.7. The zero-order valence-corrected chi connectivity index (χ0v) is 27.0. The average molecular weight is 681 g/mol. The number of cyclic esters (lactones) is 1. The van der Waals surface area contributed by atoms with Crippen LogP contribution < -0.4 is 0 Å². The van der Waals surface area contributed by atoms with Crippen molar-refractivity contribution in [3.8, 4) is 0 Å². The molecule has 2 saturated heterocycles. The van der Waals surface area contributed by atoms with Crippen LogP contribution in [-0.4, -0.2) is 135 Å². The van der Waals surface area contributed by atoms with E-state index in [0.29, 0.717) is 32.1 Å². The lowest BCUT2D eigenvalue weighted by Gasteiger charge is -2.61. The molecule has 0 amide bonds. The number of aliphatic hydroxyl groups is 7. The predicted octanol–water partition coefficient (Wildman–Crippen LogP) is -1.01. The lowest BCUT2D eigenvalue weighted by Crippen LogP contribution is -2.62. The molecule has 7 aliphatic rings.